The first kappa shape index (κ1) is 23.7. The second-order valence-electron chi connectivity index (χ2n) is 8.51. The summed E-state index contributed by atoms with van der Waals surface area (Å²) in [5.74, 6) is 0.0566. The number of para-hydroxylation sites is 3. The number of amides is 1. The maximum atomic E-state index is 13.7. The second kappa shape index (κ2) is 10.7. The number of carbonyl (C=O) groups excluding carboxylic acids is 1. The number of fused-ring (bicyclic) bond motifs is 2. The van der Waals surface area contributed by atoms with Crippen molar-refractivity contribution in [2.75, 3.05) is 19.6 Å². The van der Waals surface area contributed by atoms with E-state index >= 15 is 0 Å². The fourth-order valence-electron chi connectivity index (χ4n) is 4.57. The lowest BCUT2D eigenvalue weighted by atomic mass is 10.1. The predicted molar refractivity (Wildman–Crippen MR) is 138 cm³/mol. The number of nitrogens with two attached hydrogens (primary N) is 1. The highest BCUT2D eigenvalue weighted by Crippen LogP contribution is 2.29. The molecule has 34 heavy (non-hydrogen) atoms. The lowest BCUT2D eigenvalue weighted by Gasteiger charge is -2.19. The van der Waals surface area contributed by atoms with Crippen molar-refractivity contribution in [3.63, 3.8) is 0 Å². The average molecular weight is 460 g/mol. The summed E-state index contributed by atoms with van der Waals surface area (Å²) >= 11 is 0. The Labute approximate surface area is 199 Å². The van der Waals surface area contributed by atoms with Crippen LogP contribution in [-0.2, 0) is 17.9 Å². The van der Waals surface area contributed by atoms with Crippen LogP contribution in [0.4, 0.5) is 0 Å². The van der Waals surface area contributed by atoms with Gasteiger partial charge >= 0.3 is 0 Å². The third-order valence-corrected chi connectivity index (χ3v) is 6.40. The van der Waals surface area contributed by atoms with Crippen LogP contribution in [0.15, 0.2) is 59.5 Å². The summed E-state index contributed by atoms with van der Waals surface area (Å²) in [6, 6.07) is 15.6. The van der Waals surface area contributed by atoms with Gasteiger partial charge in [-0.15, -0.1) is 0 Å². The van der Waals surface area contributed by atoms with Crippen LogP contribution in [0.2, 0.25) is 0 Å². The van der Waals surface area contributed by atoms with Crippen molar-refractivity contribution >= 4 is 27.8 Å². The number of likely N-dealkylation sites (N-methyl/N-ethyl adjacent to an activating group) is 1. The topological polar surface area (TPSA) is 86.2 Å². The largest absolute Gasteiger partial charge is 0.342 e. The van der Waals surface area contributed by atoms with Crippen molar-refractivity contribution in [1.82, 2.24) is 19.0 Å². The van der Waals surface area contributed by atoms with Crippen LogP contribution in [0.3, 0.4) is 0 Å². The van der Waals surface area contributed by atoms with Gasteiger partial charge in [-0.2, -0.15) is 0 Å². The van der Waals surface area contributed by atoms with Gasteiger partial charge < -0.3 is 19.8 Å². The SMILES string of the molecule is CCN(CC)C(=O)Cn1cc(-c2nc3ccccc3n(CCCCCN)c2=O)c2ccccc21. The van der Waals surface area contributed by atoms with E-state index in [0.717, 1.165) is 46.8 Å². The number of nitrogens with zero attached hydrogens (tertiary/aromatic N) is 4. The zero-order chi connectivity index (χ0) is 24.1. The van der Waals surface area contributed by atoms with E-state index in [9.17, 15) is 9.59 Å². The maximum Gasteiger partial charge on any atom is 0.277 e. The highest BCUT2D eigenvalue weighted by molar-refractivity contribution is 5.96. The van der Waals surface area contributed by atoms with Crippen molar-refractivity contribution in [2.45, 2.75) is 46.2 Å². The first-order valence-electron chi connectivity index (χ1n) is 12.1. The number of unbranched alkanes of at least 4 members (excludes halogenated alkanes) is 2. The molecule has 0 saturated heterocycles. The summed E-state index contributed by atoms with van der Waals surface area (Å²) in [6.45, 7) is 6.80. The van der Waals surface area contributed by atoms with Gasteiger partial charge in [-0.25, -0.2) is 4.98 Å². The third kappa shape index (κ3) is 4.61. The molecule has 2 heterocycles. The number of hydrogen-bond donors (Lipinski definition) is 1. The molecule has 1 amide bonds. The number of benzene rings is 2. The molecule has 178 valence electrons. The molecule has 4 aromatic rings. The Bertz CT molecular complexity index is 1350. The molecule has 0 aliphatic carbocycles. The molecule has 4 rings (SSSR count). The van der Waals surface area contributed by atoms with Gasteiger partial charge in [-0.05, 0) is 51.4 Å². The number of aromatic nitrogens is 3. The van der Waals surface area contributed by atoms with Crippen LogP contribution < -0.4 is 11.3 Å². The van der Waals surface area contributed by atoms with Crippen LogP contribution in [-0.4, -0.2) is 44.6 Å². The molecule has 7 heteroatoms. The first-order valence-corrected chi connectivity index (χ1v) is 12.1. The van der Waals surface area contributed by atoms with Crippen molar-refractivity contribution in [1.29, 1.82) is 0 Å². The van der Waals surface area contributed by atoms with E-state index in [1.165, 1.54) is 0 Å². The van der Waals surface area contributed by atoms with E-state index in [1.807, 2.05) is 82.6 Å². The Morgan fingerprint density at radius 2 is 1.68 bits per heavy atom. The molecule has 0 radical (unpaired) electrons. The van der Waals surface area contributed by atoms with Gasteiger partial charge in [0, 0.05) is 42.3 Å². The molecule has 7 nitrogen and oxygen atoms in total. The van der Waals surface area contributed by atoms with Crippen LogP contribution in [0.5, 0.6) is 0 Å². The number of aryl methyl sites for hydroxylation is 1. The average Bonchev–Trinajstić information content (AvgIpc) is 3.21. The predicted octanol–water partition coefficient (Wildman–Crippen LogP) is 4.02. The van der Waals surface area contributed by atoms with Crippen molar-refractivity contribution < 1.29 is 4.79 Å². The molecular formula is C27H33N5O2. The molecule has 0 saturated carbocycles. The summed E-state index contributed by atoms with van der Waals surface area (Å²) in [7, 11) is 0. The molecule has 0 aliphatic rings. The molecular weight excluding hydrogens is 426 g/mol. The summed E-state index contributed by atoms with van der Waals surface area (Å²) in [5, 5.41) is 0.921. The minimum Gasteiger partial charge on any atom is -0.342 e. The molecule has 0 atom stereocenters. The standard InChI is InChI=1S/C27H33N5O2/c1-3-30(4-2)25(33)19-31-18-21(20-12-6-8-14-23(20)31)26-27(34)32(17-11-5-10-16-28)24-15-9-7-13-22(24)29-26/h6-9,12-15,18H,3-5,10-11,16-17,19,28H2,1-2H3. The third-order valence-electron chi connectivity index (χ3n) is 6.40. The normalized spacial score (nSPS) is 11.4. The fourth-order valence-corrected chi connectivity index (χ4v) is 4.57. The Morgan fingerprint density at radius 1 is 0.971 bits per heavy atom. The van der Waals surface area contributed by atoms with Crippen LogP contribution in [0, 0.1) is 0 Å². The minimum atomic E-state index is -0.107. The van der Waals surface area contributed by atoms with Gasteiger partial charge in [0.15, 0.2) is 0 Å². The van der Waals surface area contributed by atoms with E-state index < -0.39 is 0 Å². The van der Waals surface area contributed by atoms with E-state index in [0.29, 0.717) is 31.9 Å². The molecule has 0 fully saturated rings. The van der Waals surface area contributed by atoms with Gasteiger partial charge in [0.05, 0.1) is 11.0 Å². The number of rotatable bonds is 10. The van der Waals surface area contributed by atoms with E-state index in [4.69, 9.17) is 10.7 Å². The van der Waals surface area contributed by atoms with Gasteiger partial charge in [0.1, 0.15) is 12.2 Å². The molecule has 0 spiro atoms. The van der Waals surface area contributed by atoms with Crippen molar-refractivity contribution in [3.8, 4) is 11.3 Å². The summed E-state index contributed by atoms with van der Waals surface area (Å²) in [6.07, 6.45) is 4.70. The lowest BCUT2D eigenvalue weighted by Crippen LogP contribution is -2.33. The fraction of sp³-hybridized carbons (Fsp3) is 0.370. The zero-order valence-corrected chi connectivity index (χ0v) is 20.0. The summed E-state index contributed by atoms with van der Waals surface area (Å²) < 4.78 is 3.77. The number of hydrogen-bond acceptors (Lipinski definition) is 4. The quantitative estimate of drug-likeness (QED) is 0.363. The Hall–Kier alpha value is -3.45. The monoisotopic (exact) mass is 459 g/mol. The number of carbonyl (C=O) groups is 1. The Kier molecular flexibility index (Phi) is 7.43. The summed E-state index contributed by atoms with van der Waals surface area (Å²) in [4.78, 5) is 33.2. The van der Waals surface area contributed by atoms with Crippen LogP contribution in [0.25, 0.3) is 33.2 Å². The van der Waals surface area contributed by atoms with Gasteiger partial charge in [-0.1, -0.05) is 36.8 Å². The van der Waals surface area contributed by atoms with E-state index in [2.05, 4.69) is 0 Å². The van der Waals surface area contributed by atoms with Gasteiger partial charge in [-0.3, -0.25) is 9.59 Å². The molecule has 2 aromatic heterocycles. The molecule has 0 bridgehead atoms. The van der Waals surface area contributed by atoms with Crippen LogP contribution >= 0.6 is 0 Å². The Morgan fingerprint density at radius 3 is 2.41 bits per heavy atom. The van der Waals surface area contributed by atoms with Gasteiger partial charge in [0.2, 0.25) is 5.91 Å². The highest BCUT2D eigenvalue weighted by atomic mass is 16.2. The molecule has 0 aliphatic heterocycles. The van der Waals surface area contributed by atoms with E-state index in [1.54, 1.807) is 0 Å². The molecule has 2 aromatic carbocycles. The Balaban J connectivity index is 1.83. The van der Waals surface area contributed by atoms with Crippen molar-refractivity contribution in [2.24, 2.45) is 5.73 Å². The first-order chi connectivity index (χ1) is 16.6. The second-order valence-corrected chi connectivity index (χ2v) is 8.51. The lowest BCUT2D eigenvalue weighted by molar-refractivity contribution is -0.131. The van der Waals surface area contributed by atoms with Crippen LogP contribution in [0.1, 0.15) is 33.1 Å². The highest BCUT2D eigenvalue weighted by Gasteiger charge is 2.19. The minimum absolute atomic E-state index is 0.0566. The smallest absolute Gasteiger partial charge is 0.277 e. The summed E-state index contributed by atoms with van der Waals surface area (Å²) in [5.41, 5.74) is 9.26. The van der Waals surface area contributed by atoms with Gasteiger partial charge in [0.25, 0.3) is 5.56 Å². The maximum absolute atomic E-state index is 13.7. The molecule has 0 unspecified atom stereocenters. The molecule has 2 N–H and O–H groups in total. The van der Waals surface area contributed by atoms with E-state index in [-0.39, 0.29) is 18.0 Å². The zero-order valence-electron chi connectivity index (χ0n) is 20.0. The van der Waals surface area contributed by atoms with Crippen molar-refractivity contribution in [3.05, 3.63) is 65.1 Å².